The van der Waals surface area contributed by atoms with Crippen molar-refractivity contribution < 1.29 is 38.0 Å². The van der Waals surface area contributed by atoms with Gasteiger partial charge in [-0.05, 0) is 68.4 Å². The Balaban J connectivity index is 1.43. The second-order valence-corrected chi connectivity index (χ2v) is 10.1. The fraction of sp³-hybridized carbons (Fsp3) is 0.345. The van der Waals surface area contributed by atoms with Crippen molar-refractivity contribution in [1.82, 2.24) is 4.98 Å². The second-order valence-electron chi connectivity index (χ2n) is 9.62. The Morgan fingerprint density at radius 3 is 2.39 bits per heavy atom. The van der Waals surface area contributed by atoms with Gasteiger partial charge in [-0.15, -0.1) is 0 Å². The molecule has 2 heterocycles. The van der Waals surface area contributed by atoms with Gasteiger partial charge in [0.2, 0.25) is 0 Å². The maximum absolute atomic E-state index is 13.7. The third-order valence-electron chi connectivity index (χ3n) is 6.12. The van der Waals surface area contributed by atoms with Crippen LogP contribution in [-0.4, -0.2) is 73.5 Å². The minimum absolute atomic E-state index is 0.00185. The summed E-state index contributed by atoms with van der Waals surface area (Å²) in [6.45, 7) is 4.74. The molecule has 1 atom stereocenters. The van der Waals surface area contributed by atoms with Gasteiger partial charge in [0.05, 0.1) is 32.1 Å². The van der Waals surface area contributed by atoms with Crippen LogP contribution in [0.15, 0.2) is 67.0 Å². The molecule has 0 saturated carbocycles. The molecule has 1 N–H and O–H groups in total. The van der Waals surface area contributed by atoms with Crippen molar-refractivity contribution in [1.29, 1.82) is 0 Å². The molecule has 1 aliphatic heterocycles. The summed E-state index contributed by atoms with van der Waals surface area (Å²) in [5, 5.41) is 9.83. The molecule has 41 heavy (non-hydrogen) atoms. The van der Waals surface area contributed by atoms with Crippen molar-refractivity contribution >= 4 is 35.0 Å². The molecule has 0 radical (unpaired) electrons. The molecule has 2 amide bonds. The molecule has 0 bridgehead atoms. The van der Waals surface area contributed by atoms with E-state index in [1.165, 1.54) is 59.8 Å². The first-order chi connectivity index (χ1) is 19.6. The summed E-state index contributed by atoms with van der Waals surface area (Å²) < 4.78 is 36.5. The number of carboxylic acid groups (broad SMARTS) is 1. The zero-order chi connectivity index (χ0) is 29.4. The van der Waals surface area contributed by atoms with E-state index in [9.17, 15) is 19.1 Å². The summed E-state index contributed by atoms with van der Waals surface area (Å²) in [4.78, 5) is 31.8. The highest BCUT2D eigenvalue weighted by molar-refractivity contribution is 6.31. The van der Waals surface area contributed by atoms with Gasteiger partial charge in [0, 0.05) is 35.2 Å². The monoisotopic (exact) mass is 587 g/mol. The molecule has 3 aromatic rings. The third-order valence-corrected chi connectivity index (χ3v) is 6.34. The SMILES string of the molecule is CC1(C)OCC(COCCN(C(=O)c2cc(Cl)cc(OCCN(C(=O)O)c3ccncc3)c2)c2ccc(F)cc2)O1. The zero-order valence-corrected chi connectivity index (χ0v) is 23.4. The van der Waals surface area contributed by atoms with Gasteiger partial charge in [0.15, 0.2) is 5.79 Å². The largest absolute Gasteiger partial charge is 0.492 e. The van der Waals surface area contributed by atoms with Crippen LogP contribution in [0.4, 0.5) is 20.6 Å². The van der Waals surface area contributed by atoms with E-state index in [2.05, 4.69) is 4.98 Å². The molecule has 218 valence electrons. The van der Waals surface area contributed by atoms with Crippen LogP contribution >= 0.6 is 11.6 Å². The quantitative estimate of drug-likeness (QED) is 0.286. The van der Waals surface area contributed by atoms with Gasteiger partial charge in [-0.25, -0.2) is 9.18 Å². The van der Waals surface area contributed by atoms with Crippen molar-refractivity contribution in [3.63, 3.8) is 0 Å². The van der Waals surface area contributed by atoms with Crippen LogP contribution in [0.5, 0.6) is 5.75 Å². The second kappa shape index (κ2) is 13.7. The van der Waals surface area contributed by atoms with Crippen LogP contribution in [0.1, 0.15) is 24.2 Å². The molecule has 2 aromatic carbocycles. The number of rotatable bonds is 12. The van der Waals surface area contributed by atoms with E-state index in [0.29, 0.717) is 18.0 Å². The highest BCUT2D eigenvalue weighted by Crippen LogP contribution is 2.26. The Morgan fingerprint density at radius 1 is 1.05 bits per heavy atom. The maximum atomic E-state index is 13.7. The number of carbonyl (C=O) groups excluding carboxylic acids is 1. The standard InChI is InChI=1S/C29H31ClFN3O7/c1-29(2)40-19-26(41-29)18-38-13-11-33(23-5-3-22(31)4-6-23)27(35)20-15-21(30)17-25(16-20)39-14-12-34(28(36)37)24-7-9-32-10-8-24/h3-10,15-17,26H,11-14,18-19H2,1-2H3,(H,36,37). The normalized spacial score (nSPS) is 15.9. The van der Waals surface area contributed by atoms with E-state index < -0.39 is 23.6 Å². The van der Waals surface area contributed by atoms with Gasteiger partial charge >= 0.3 is 6.09 Å². The highest BCUT2D eigenvalue weighted by Gasteiger charge is 2.32. The first kappa shape index (κ1) is 30.2. The van der Waals surface area contributed by atoms with Crippen LogP contribution in [-0.2, 0) is 14.2 Å². The Bertz CT molecular complexity index is 1330. The van der Waals surface area contributed by atoms with E-state index in [1.54, 1.807) is 12.1 Å². The van der Waals surface area contributed by atoms with Gasteiger partial charge in [0.25, 0.3) is 5.91 Å². The summed E-state index contributed by atoms with van der Waals surface area (Å²) in [5.41, 5.74) is 1.15. The molecule has 0 aliphatic carbocycles. The molecule has 12 heteroatoms. The minimum Gasteiger partial charge on any atom is -0.492 e. The predicted molar refractivity (Wildman–Crippen MR) is 150 cm³/mol. The first-order valence-corrected chi connectivity index (χ1v) is 13.3. The number of carbonyl (C=O) groups is 2. The van der Waals surface area contributed by atoms with Crippen LogP contribution < -0.4 is 14.5 Å². The smallest absolute Gasteiger partial charge is 0.411 e. The van der Waals surface area contributed by atoms with E-state index in [4.69, 9.17) is 30.5 Å². The minimum atomic E-state index is -1.14. The number of hydrogen-bond acceptors (Lipinski definition) is 7. The Labute approximate surface area is 242 Å². The lowest BCUT2D eigenvalue weighted by Gasteiger charge is -2.24. The molecule has 1 aromatic heterocycles. The summed E-state index contributed by atoms with van der Waals surface area (Å²) in [5.74, 6) is -1.21. The number of aromatic nitrogens is 1. The lowest BCUT2D eigenvalue weighted by atomic mass is 10.1. The fourth-order valence-corrected chi connectivity index (χ4v) is 4.45. The van der Waals surface area contributed by atoms with Crippen molar-refractivity contribution in [3.05, 3.63) is 83.4 Å². The highest BCUT2D eigenvalue weighted by atomic mass is 35.5. The fourth-order valence-electron chi connectivity index (χ4n) is 4.22. The van der Waals surface area contributed by atoms with Gasteiger partial charge in [-0.2, -0.15) is 0 Å². The number of benzene rings is 2. The van der Waals surface area contributed by atoms with E-state index in [1.807, 2.05) is 13.8 Å². The van der Waals surface area contributed by atoms with Crippen LogP contribution in [0.2, 0.25) is 5.02 Å². The van der Waals surface area contributed by atoms with E-state index >= 15 is 0 Å². The summed E-state index contributed by atoms with van der Waals surface area (Å²) >= 11 is 6.31. The van der Waals surface area contributed by atoms with Crippen molar-refractivity contribution in [2.45, 2.75) is 25.7 Å². The number of anilines is 2. The average Bonchev–Trinajstić information content (AvgIpc) is 3.29. The molecular formula is C29H31ClFN3O7. The number of hydrogen-bond donors (Lipinski definition) is 1. The lowest BCUT2D eigenvalue weighted by Crippen LogP contribution is -2.35. The summed E-state index contributed by atoms with van der Waals surface area (Å²) in [6, 6.07) is 13.3. The van der Waals surface area contributed by atoms with Gasteiger partial charge in [-0.3, -0.25) is 14.7 Å². The van der Waals surface area contributed by atoms with Crippen LogP contribution in [0.25, 0.3) is 0 Å². The Hall–Kier alpha value is -3.77. The Morgan fingerprint density at radius 2 is 1.73 bits per heavy atom. The molecule has 1 aliphatic rings. The number of ether oxygens (including phenoxy) is 4. The third kappa shape index (κ3) is 8.61. The molecule has 1 unspecified atom stereocenters. The summed E-state index contributed by atoms with van der Waals surface area (Å²) in [7, 11) is 0. The van der Waals surface area contributed by atoms with Crippen LogP contribution in [0, 0.1) is 5.82 Å². The van der Waals surface area contributed by atoms with Crippen LogP contribution in [0.3, 0.4) is 0 Å². The number of halogens is 2. The lowest BCUT2D eigenvalue weighted by molar-refractivity contribution is -0.144. The zero-order valence-electron chi connectivity index (χ0n) is 22.7. The Kier molecular flexibility index (Phi) is 10.1. The van der Waals surface area contributed by atoms with Gasteiger partial charge < -0.3 is 29.0 Å². The van der Waals surface area contributed by atoms with E-state index in [0.717, 1.165) is 4.90 Å². The molecule has 1 fully saturated rings. The number of pyridine rings is 1. The number of amides is 2. The van der Waals surface area contributed by atoms with Gasteiger partial charge in [-0.1, -0.05) is 11.6 Å². The van der Waals surface area contributed by atoms with Crippen molar-refractivity contribution in [2.24, 2.45) is 0 Å². The molecule has 0 spiro atoms. The topological polar surface area (TPSA) is 111 Å². The molecule has 4 rings (SSSR count). The predicted octanol–water partition coefficient (Wildman–Crippen LogP) is 5.25. The van der Waals surface area contributed by atoms with Crippen molar-refractivity contribution in [3.8, 4) is 5.75 Å². The molecule has 10 nitrogen and oxygen atoms in total. The number of nitrogens with zero attached hydrogens (tertiary/aromatic N) is 3. The maximum Gasteiger partial charge on any atom is 0.411 e. The first-order valence-electron chi connectivity index (χ1n) is 12.9. The van der Waals surface area contributed by atoms with E-state index in [-0.39, 0.29) is 55.3 Å². The average molecular weight is 588 g/mol. The molecular weight excluding hydrogens is 557 g/mol. The molecule has 1 saturated heterocycles. The van der Waals surface area contributed by atoms with Gasteiger partial charge in [0.1, 0.15) is 24.3 Å². The summed E-state index contributed by atoms with van der Waals surface area (Å²) in [6.07, 6.45) is 1.63. The van der Waals surface area contributed by atoms with Crippen molar-refractivity contribution in [2.75, 3.05) is 49.3 Å².